The Labute approximate surface area is 467 Å². The van der Waals surface area contributed by atoms with E-state index in [0.29, 0.717) is 0 Å². The van der Waals surface area contributed by atoms with Crippen molar-refractivity contribution in [2.45, 2.75) is 168 Å². The van der Waals surface area contributed by atoms with E-state index in [2.05, 4.69) is 133 Å². The Balaban J connectivity index is 0.000000339. The molecule has 2 aromatic heterocycles. The Kier molecular flexibility index (Phi) is 27.4. The predicted molar refractivity (Wildman–Crippen MR) is 298 cm³/mol. The zero-order chi connectivity index (χ0) is 52.7. The van der Waals surface area contributed by atoms with Crippen molar-refractivity contribution in [1.82, 2.24) is 9.97 Å². The van der Waals surface area contributed by atoms with Gasteiger partial charge in [-0.25, -0.2) is 0 Å². The molecule has 398 valence electrons. The molecule has 6 aromatic rings. The van der Waals surface area contributed by atoms with Gasteiger partial charge in [0.05, 0.1) is 22.9 Å². The predicted octanol–water partition coefficient (Wildman–Crippen LogP) is 16.6. The second-order valence-corrected chi connectivity index (χ2v) is 20.8. The Morgan fingerprint density at radius 1 is 0.507 bits per heavy atom. The molecule has 6 nitrogen and oxygen atoms in total. The average Bonchev–Trinajstić information content (AvgIpc) is 3.88. The number of nitrogens with zero attached hydrogens (tertiary/aromatic N) is 2. The molecule has 0 spiro atoms. The summed E-state index contributed by atoms with van der Waals surface area (Å²) in [6, 6.07) is 35.1. The van der Waals surface area contributed by atoms with Crippen LogP contribution in [0.2, 0.25) is 0 Å². The first-order chi connectivity index (χ1) is 33.6. The number of carbonyl (C=O) groups is 4. The van der Waals surface area contributed by atoms with Gasteiger partial charge in [-0.3, -0.25) is 29.1 Å². The van der Waals surface area contributed by atoms with Gasteiger partial charge in [0, 0.05) is 74.7 Å². The van der Waals surface area contributed by atoms with Crippen LogP contribution in [0, 0.1) is 89.2 Å². The van der Waals surface area contributed by atoms with E-state index >= 15 is 0 Å². The van der Waals surface area contributed by atoms with E-state index in [9.17, 15) is 19.2 Å². The average molecular weight is 1340 g/mol. The van der Waals surface area contributed by atoms with Crippen molar-refractivity contribution in [3.63, 3.8) is 0 Å². The smallest absolute Gasteiger partial charge is 0.146 e. The normalized spacial score (nSPS) is 13.0. The van der Waals surface area contributed by atoms with Gasteiger partial charge in [-0.15, -0.1) is 69.8 Å². The number of rotatable bonds is 15. The maximum absolute atomic E-state index is 11.8. The number of Topliss-reactive ketones (excluding diaryl/α,β-unsaturated/α-hetero) is 4. The van der Waals surface area contributed by atoms with Crippen molar-refractivity contribution in [1.29, 1.82) is 0 Å². The van der Waals surface area contributed by atoms with E-state index in [1.54, 1.807) is 13.8 Å². The molecule has 1 aliphatic carbocycles. The summed E-state index contributed by atoms with van der Waals surface area (Å²) < 4.78 is 0. The Morgan fingerprint density at radius 2 is 0.918 bits per heavy atom. The van der Waals surface area contributed by atoms with Crippen LogP contribution in [0.3, 0.4) is 0 Å². The molecule has 1 saturated carbocycles. The van der Waals surface area contributed by atoms with E-state index in [4.69, 9.17) is 9.97 Å². The van der Waals surface area contributed by atoms with Gasteiger partial charge in [-0.1, -0.05) is 138 Å². The van der Waals surface area contributed by atoms with Gasteiger partial charge in [0.1, 0.15) is 23.1 Å². The van der Waals surface area contributed by atoms with Crippen LogP contribution in [0.4, 0.5) is 0 Å². The summed E-state index contributed by atoms with van der Waals surface area (Å²) in [5.41, 5.74) is 15.2. The summed E-state index contributed by atoms with van der Waals surface area (Å²) in [6.45, 7) is 31.5. The van der Waals surface area contributed by atoms with E-state index in [1.165, 1.54) is 69.8 Å². The van der Waals surface area contributed by atoms with Gasteiger partial charge in [0.2, 0.25) is 0 Å². The number of fused-ring (bicyclic) bond motifs is 2. The molecule has 0 bridgehead atoms. The molecule has 2 atom stereocenters. The molecule has 2 unspecified atom stereocenters. The number of pyridine rings is 2. The third-order valence-corrected chi connectivity index (χ3v) is 14.2. The summed E-state index contributed by atoms with van der Waals surface area (Å²) >= 11 is 0. The third-order valence-electron chi connectivity index (χ3n) is 14.2. The fourth-order valence-corrected chi connectivity index (χ4v) is 10.1. The van der Waals surface area contributed by atoms with E-state index in [-0.39, 0.29) is 87.0 Å². The Morgan fingerprint density at radius 3 is 1.33 bits per heavy atom. The minimum absolute atomic E-state index is 0. The number of hydrogen-bond acceptors (Lipinski definition) is 6. The van der Waals surface area contributed by atoms with Gasteiger partial charge in [-0.2, -0.15) is 0 Å². The monoisotopic (exact) mass is 1340 g/mol. The van der Waals surface area contributed by atoms with Gasteiger partial charge in [0.15, 0.2) is 0 Å². The summed E-state index contributed by atoms with van der Waals surface area (Å²) in [6.07, 6.45) is 8.73. The van der Waals surface area contributed by atoms with Crippen molar-refractivity contribution >= 4 is 44.9 Å². The molecule has 7 rings (SSSR count). The molecule has 2 radical (unpaired) electrons. The van der Waals surface area contributed by atoms with Crippen LogP contribution >= 0.6 is 0 Å². The summed E-state index contributed by atoms with van der Waals surface area (Å²) in [5, 5.41) is 2.55. The van der Waals surface area contributed by atoms with Gasteiger partial charge < -0.3 is 0 Å². The van der Waals surface area contributed by atoms with Crippen LogP contribution in [0.25, 0.3) is 44.3 Å². The maximum Gasteiger partial charge on any atom is 0.146 e. The standard InChI is InChI=1S/C22H22N.C19H18N.2C12H22O2.2Ir/c1-15-12-16(2)14-18(13-15)21-11-10-20-19(17-6-3-4-7-17)8-5-9-22(20)23-21;1-12-7-13(2)10-16(9-12)18-6-5-17-15(4)8-14(3)11-19(17)20-18;2*1-6-10(7-2)12(14)9(5)11(13)8(3)4;;/h5,8-13,17H,3-4,6-7H2,1-2H3;5-9,11H,1-4H3;2*8-10H,6-7H2,1-5H3;;/q2*-1;;;;. The molecule has 73 heavy (non-hydrogen) atoms. The first kappa shape index (κ1) is 64.8. The van der Waals surface area contributed by atoms with Crippen LogP contribution in [-0.4, -0.2) is 33.1 Å². The van der Waals surface area contributed by atoms with Gasteiger partial charge >= 0.3 is 0 Å². The number of carbonyl (C=O) groups excluding carboxylic acids is 4. The number of hydrogen-bond donors (Lipinski definition) is 0. The summed E-state index contributed by atoms with van der Waals surface area (Å²) in [4.78, 5) is 56.6. The molecule has 0 amide bonds. The fourth-order valence-electron chi connectivity index (χ4n) is 10.1. The van der Waals surface area contributed by atoms with Crippen molar-refractivity contribution in [3.8, 4) is 22.5 Å². The van der Waals surface area contributed by atoms with Crippen LogP contribution in [0.15, 0.2) is 78.9 Å². The number of aryl methyl sites for hydroxylation is 6. The largest absolute Gasteiger partial charge is 0.299 e. The number of ketones is 4. The van der Waals surface area contributed by atoms with Crippen LogP contribution in [0.1, 0.15) is 165 Å². The zero-order valence-electron chi connectivity index (χ0n) is 46.9. The minimum Gasteiger partial charge on any atom is -0.299 e. The van der Waals surface area contributed by atoms with E-state index < -0.39 is 11.8 Å². The van der Waals surface area contributed by atoms with Crippen molar-refractivity contribution in [3.05, 3.63) is 130 Å². The summed E-state index contributed by atoms with van der Waals surface area (Å²) in [5.74, 6) is 0.317. The minimum atomic E-state index is -0.417. The molecule has 4 aromatic carbocycles. The third kappa shape index (κ3) is 18.2. The first-order valence-corrected chi connectivity index (χ1v) is 26.6. The van der Waals surface area contributed by atoms with Crippen LogP contribution in [0.5, 0.6) is 0 Å². The molecule has 1 fully saturated rings. The van der Waals surface area contributed by atoms with Crippen molar-refractivity contribution < 1.29 is 59.4 Å². The molecule has 1 aliphatic rings. The Hall–Kier alpha value is -4.32. The van der Waals surface area contributed by atoms with Crippen LogP contribution < -0.4 is 0 Å². The van der Waals surface area contributed by atoms with Gasteiger partial charge in [-0.05, 0) is 112 Å². The van der Waals surface area contributed by atoms with E-state index in [0.717, 1.165) is 70.7 Å². The van der Waals surface area contributed by atoms with Gasteiger partial charge in [0.25, 0.3) is 0 Å². The molecule has 0 saturated heterocycles. The second-order valence-electron chi connectivity index (χ2n) is 20.8. The molecule has 8 heteroatoms. The zero-order valence-corrected chi connectivity index (χ0v) is 51.7. The fraction of sp³-hybridized carbons (Fsp3) is 0.477. The SMILES string of the molecule is CCC(CC)C(=O)C(C)C(=O)C(C)C.CCC(CC)C(=O)C(C)C(=O)C(C)C.Cc1[c-]c(-c2ccc3c(C)cc(C)cc3n2)cc(C)c1.Cc1[c-]c(-c2ccc3c(C4CCCC4)cccc3n2)cc(C)c1.[Ir].[Ir]. The molecule has 0 N–H and O–H groups in total. The van der Waals surface area contributed by atoms with Crippen molar-refractivity contribution in [2.75, 3.05) is 0 Å². The maximum atomic E-state index is 11.8. The Bertz CT molecular complexity index is 2680. The molecular weight excluding hydrogens is 1260 g/mol. The first-order valence-electron chi connectivity index (χ1n) is 26.6. The molecule has 2 heterocycles. The van der Waals surface area contributed by atoms with Crippen LogP contribution in [-0.2, 0) is 59.4 Å². The molecular formula is C65H84Ir2N2O4-2. The quantitative estimate of drug-likeness (QED) is 0.0751. The number of benzene rings is 4. The second kappa shape index (κ2) is 30.9. The summed E-state index contributed by atoms with van der Waals surface area (Å²) in [7, 11) is 0. The topological polar surface area (TPSA) is 94.1 Å². The van der Waals surface area contributed by atoms with E-state index in [1.807, 2.05) is 55.4 Å². The van der Waals surface area contributed by atoms with Crippen molar-refractivity contribution in [2.24, 2.45) is 35.5 Å². The molecule has 0 aliphatic heterocycles. The number of aromatic nitrogens is 2.